The number of carboxylic acid groups (broad SMARTS) is 1. The average Bonchev–Trinajstić information content (AvgIpc) is 2.18. The largest absolute Gasteiger partial charge is 0.550 e. The van der Waals surface area contributed by atoms with Gasteiger partial charge in [-0.2, -0.15) is 0 Å². The van der Waals surface area contributed by atoms with Crippen molar-refractivity contribution in [2.45, 2.75) is 39.0 Å². The number of hydrogen-bond donors (Lipinski definition) is 0. The summed E-state index contributed by atoms with van der Waals surface area (Å²) in [6.07, 6.45) is 2.84. The third-order valence-corrected chi connectivity index (χ3v) is 2.91. The molecule has 0 aromatic rings. The first-order chi connectivity index (χ1) is 7.09. The van der Waals surface area contributed by atoms with Gasteiger partial charge in [0.25, 0.3) is 0 Å². The molecule has 15 heavy (non-hydrogen) atoms. The quantitative estimate of drug-likeness (QED) is 0.667. The van der Waals surface area contributed by atoms with E-state index >= 15 is 0 Å². The van der Waals surface area contributed by atoms with Crippen LogP contribution in [0, 0.1) is 5.92 Å². The summed E-state index contributed by atoms with van der Waals surface area (Å²) in [5, 5.41) is 10.2. The van der Waals surface area contributed by atoms with Gasteiger partial charge in [0.05, 0.1) is 0 Å². The zero-order valence-electron chi connectivity index (χ0n) is 9.20. The number of hydrogen-bond acceptors (Lipinski definition) is 3. The number of carbonyl (C=O) groups excluding carboxylic acids is 2. The van der Waals surface area contributed by atoms with Crippen LogP contribution in [0.1, 0.15) is 39.0 Å². The van der Waals surface area contributed by atoms with E-state index in [1.165, 1.54) is 0 Å². The van der Waals surface area contributed by atoms with E-state index in [0.717, 1.165) is 25.9 Å². The Bertz CT molecular complexity index is 232. The van der Waals surface area contributed by atoms with Gasteiger partial charge < -0.3 is 14.8 Å². The molecule has 0 spiro atoms. The molecule has 0 aromatic carbocycles. The first-order valence-corrected chi connectivity index (χ1v) is 5.57. The topological polar surface area (TPSA) is 60.4 Å². The molecule has 0 N–H and O–H groups in total. The van der Waals surface area contributed by atoms with Crippen molar-refractivity contribution in [3.05, 3.63) is 0 Å². The van der Waals surface area contributed by atoms with Gasteiger partial charge >= 0.3 is 0 Å². The van der Waals surface area contributed by atoms with Crippen LogP contribution in [-0.4, -0.2) is 29.9 Å². The fraction of sp³-hybridized carbons (Fsp3) is 0.818. The maximum atomic E-state index is 11.6. The SMILES string of the molecule is CC1CCN(C(=O)CCCC(=O)[O-])CC1. The molecule has 1 amide bonds. The molecule has 0 radical (unpaired) electrons. The second-order valence-corrected chi connectivity index (χ2v) is 4.29. The number of piperidine rings is 1. The summed E-state index contributed by atoms with van der Waals surface area (Å²) < 4.78 is 0. The highest BCUT2D eigenvalue weighted by Gasteiger charge is 2.19. The molecule has 1 aliphatic rings. The van der Waals surface area contributed by atoms with Gasteiger partial charge in [0.2, 0.25) is 5.91 Å². The maximum absolute atomic E-state index is 11.6. The van der Waals surface area contributed by atoms with Crippen molar-refractivity contribution in [2.24, 2.45) is 5.92 Å². The van der Waals surface area contributed by atoms with Crippen LogP contribution < -0.4 is 5.11 Å². The third kappa shape index (κ3) is 4.32. The molecule has 1 rings (SSSR count). The van der Waals surface area contributed by atoms with Gasteiger partial charge in [-0.3, -0.25) is 4.79 Å². The molecule has 0 saturated carbocycles. The summed E-state index contributed by atoms with van der Waals surface area (Å²) in [5.41, 5.74) is 0. The molecule has 1 fully saturated rings. The van der Waals surface area contributed by atoms with Crippen LogP contribution >= 0.6 is 0 Å². The van der Waals surface area contributed by atoms with Crippen molar-refractivity contribution >= 4 is 11.9 Å². The van der Waals surface area contributed by atoms with Gasteiger partial charge in [-0.25, -0.2) is 0 Å². The first kappa shape index (κ1) is 12.0. The molecular formula is C11H18NO3-. The minimum atomic E-state index is -1.07. The van der Waals surface area contributed by atoms with E-state index < -0.39 is 5.97 Å². The van der Waals surface area contributed by atoms with Crippen LogP contribution in [0.5, 0.6) is 0 Å². The van der Waals surface area contributed by atoms with Crippen molar-refractivity contribution in [2.75, 3.05) is 13.1 Å². The highest BCUT2D eigenvalue weighted by atomic mass is 16.4. The molecular weight excluding hydrogens is 194 g/mol. The molecule has 0 aliphatic carbocycles. The molecule has 0 bridgehead atoms. The molecule has 86 valence electrons. The number of rotatable bonds is 4. The van der Waals surface area contributed by atoms with Crippen LogP contribution in [0.25, 0.3) is 0 Å². The Balaban J connectivity index is 2.19. The lowest BCUT2D eigenvalue weighted by molar-refractivity contribution is -0.305. The van der Waals surface area contributed by atoms with E-state index in [2.05, 4.69) is 6.92 Å². The molecule has 1 saturated heterocycles. The number of nitrogens with zero attached hydrogens (tertiary/aromatic N) is 1. The number of amides is 1. The van der Waals surface area contributed by atoms with Crippen molar-refractivity contribution in [3.63, 3.8) is 0 Å². The van der Waals surface area contributed by atoms with Gasteiger partial charge in [0.1, 0.15) is 0 Å². The second-order valence-electron chi connectivity index (χ2n) is 4.29. The molecule has 0 atom stereocenters. The highest BCUT2D eigenvalue weighted by Crippen LogP contribution is 2.16. The predicted octanol–water partition coefficient (Wildman–Crippen LogP) is 0.165. The second kappa shape index (κ2) is 5.73. The summed E-state index contributed by atoms with van der Waals surface area (Å²) in [6.45, 7) is 3.84. The van der Waals surface area contributed by atoms with Crippen LogP contribution in [0.15, 0.2) is 0 Å². The third-order valence-electron chi connectivity index (χ3n) is 2.91. The van der Waals surface area contributed by atoms with E-state index in [9.17, 15) is 14.7 Å². The highest BCUT2D eigenvalue weighted by molar-refractivity contribution is 5.76. The molecule has 0 aromatic heterocycles. The Morgan fingerprint density at radius 1 is 1.27 bits per heavy atom. The van der Waals surface area contributed by atoms with Crippen molar-refractivity contribution < 1.29 is 14.7 Å². The number of carboxylic acids is 1. The van der Waals surface area contributed by atoms with Crippen molar-refractivity contribution in [1.29, 1.82) is 0 Å². The minimum absolute atomic E-state index is 0.0179. The summed E-state index contributed by atoms with van der Waals surface area (Å²) in [7, 11) is 0. The molecule has 1 heterocycles. The lowest BCUT2D eigenvalue weighted by atomic mass is 9.99. The number of carbonyl (C=O) groups is 2. The molecule has 4 heteroatoms. The molecule has 1 aliphatic heterocycles. The van der Waals surface area contributed by atoms with Crippen LogP contribution in [0.3, 0.4) is 0 Å². The fourth-order valence-electron chi connectivity index (χ4n) is 1.80. The Hall–Kier alpha value is -1.06. The number of aliphatic carboxylic acids is 1. The summed E-state index contributed by atoms with van der Waals surface area (Å²) in [4.78, 5) is 23.6. The first-order valence-electron chi connectivity index (χ1n) is 5.57. The zero-order valence-corrected chi connectivity index (χ0v) is 9.20. The molecule has 0 unspecified atom stereocenters. The van der Waals surface area contributed by atoms with Gasteiger partial charge in [-0.1, -0.05) is 6.92 Å². The van der Waals surface area contributed by atoms with Gasteiger partial charge in [0.15, 0.2) is 0 Å². The lowest BCUT2D eigenvalue weighted by Gasteiger charge is -2.30. The van der Waals surface area contributed by atoms with Gasteiger partial charge in [-0.15, -0.1) is 0 Å². The normalized spacial score (nSPS) is 17.8. The van der Waals surface area contributed by atoms with E-state index in [0.29, 0.717) is 18.8 Å². The Morgan fingerprint density at radius 2 is 1.87 bits per heavy atom. The van der Waals surface area contributed by atoms with Gasteiger partial charge in [-0.05, 0) is 31.6 Å². The standard InChI is InChI=1S/C11H19NO3/c1-9-5-7-12(8-6-9)10(13)3-2-4-11(14)15/h9H,2-8H2,1H3,(H,14,15)/p-1. The Morgan fingerprint density at radius 3 is 2.40 bits per heavy atom. The van der Waals surface area contributed by atoms with E-state index in [1.807, 2.05) is 4.90 Å². The monoisotopic (exact) mass is 212 g/mol. The maximum Gasteiger partial charge on any atom is 0.222 e. The van der Waals surface area contributed by atoms with Crippen LogP contribution in [-0.2, 0) is 9.59 Å². The minimum Gasteiger partial charge on any atom is -0.550 e. The van der Waals surface area contributed by atoms with E-state index in [1.54, 1.807) is 0 Å². The predicted molar refractivity (Wildman–Crippen MR) is 53.8 cm³/mol. The lowest BCUT2D eigenvalue weighted by Crippen LogP contribution is -2.37. The summed E-state index contributed by atoms with van der Waals surface area (Å²) in [5.74, 6) is -0.282. The Labute approximate surface area is 90.3 Å². The number of likely N-dealkylation sites (tertiary alicyclic amines) is 1. The average molecular weight is 212 g/mol. The van der Waals surface area contributed by atoms with E-state index in [-0.39, 0.29) is 12.3 Å². The molecule has 4 nitrogen and oxygen atoms in total. The Kier molecular flexibility index (Phi) is 4.59. The van der Waals surface area contributed by atoms with E-state index in [4.69, 9.17) is 0 Å². The van der Waals surface area contributed by atoms with Gasteiger partial charge in [0, 0.05) is 25.5 Å². The van der Waals surface area contributed by atoms with Crippen LogP contribution in [0.2, 0.25) is 0 Å². The van der Waals surface area contributed by atoms with Crippen molar-refractivity contribution in [1.82, 2.24) is 4.90 Å². The fourth-order valence-corrected chi connectivity index (χ4v) is 1.80. The zero-order chi connectivity index (χ0) is 11.3. The van der Waals surface area contributed by atoms with Crippen molar-refractivity contribution in [3.8, 4) is 0 Å². The van der Waals surface area contributed by atoms with Crippen LogP contribution in [0.4, 0.5) is 0 Å². The smallest absolute Gasteiger partial charge is 0.222 e. The summed E-state index contributed by atoms with van der Waals surface area (Å²) in [6, 6.07) is 0. The summed E-state index contributed by atoms with van der Waals surface area (Å²) >= 11 is 0.